The average molecular weight is 244 g/mol. The van der Waals surface area contributed by atoms with Crippen LogP contribution in [-0.2, 0) is 13.6 Å². The number of hydrogen-bond donors (Lipinski definition) is 1. The molecule has 92 valence electrons. The molecular formula is C13H13FN4. The summed E-state index contributed by atoms with van der Waals surface area (Å²) in [6.45, 7) is 2.40. The van der Waals surface area contributed by atoms with E-state index in [0.29, 0.717) is 12.2 Å². The first-order chi connectivity index (χ1) is 8.61. The number of benzene rings is 1. The van der Waals surface area contributed by atoms with Gasteiger partial charge in [0.2, 0.25) is 0 Å². The zero-order valence-corrected chi connectivity index (χ0v) is 10.2. The molecule has 0 unspecified atom stereocenters. The molecule has 18 heavy (non-hydrogen) atoms. The maximum atomic E-state index is 13.4. The van der Waals surface area contributed by atoms with Gasteiger partial charge in [0.25, 0.3) is 0 Å². The topological polar surface area (TPSA) is 53.6 Å². The molecule has 5 heteroatoms. The van der Waals surface area contributed by atoms with E-state index < -0.39 is 5.82 Å². The summed E-state index contributed by atoms with van der Waals surface area (Å²) in [5.41, 5.74) is 2.43. The molecule has 0 spiro atoms. The zero-order chi connectivity index (χ0) is 13.1. The monoisotopic (exact) mass is 244 g/mol. The summed E-state index contributed by atoms with van der Waals surface area (Å²) in [5, 5.41) is 16.2. The molecule has 0 saturated heterocycles. The van der Waals surface area contributed by atoms with E-state index in [9.17, 15) is 4.39 Å². The normalized spacial score (nSPS) is 10.1. The van der Waals surface area contributed by atoms with Gasteiger partial charge >= 0.3 is 0 Å². The first kappa shape index (κ1) is 12.1. The van der Waals surface area contributed by atoms with E-state index in [4.69, 9.17) is 5.26 Å². The quantitative estimate of drug-likeness (QED) is 0.901. The first-order valence-corrected chi connectivity index (χ1v) is 5.54. The Hall–Kier alpha value is -2.35. The van der Waals surface area contributed by atoms with Gasteiger partial charge in [-0.3, -0.25) is 4.68 Å². The highest BCUT2D eigenvalue weighted by Crippen LogP contribution is 2.18. The summed E-state index contributed by atoms with van der Waals surface area (Å²) < 4.78 is 15.1. The number of nitrogens with zero attached hydrogens (tertiary/aromatic N) is 3. The van der Waals surface area contributed by atoms with Crippen LogP contribution in [0.25, 0.3) is 0 Å². The number of hydrogen-bond acceptors (Lipinski definition) is 3. The van der Waals surface area contributed by atoms with Gasteiger partial charge in [-0.25, -0.2) is 4.39 Å². The lowest BCUT2D eigenvalue weighted by Crippen LogP contribution is -2.07. The standard InChI is InChI=1S/C13H13FN4/c1-9-6-10(18(2)17-9)8-16-13-5-3-4-12(14)11(13)7-15/h3-6,16H,8H2,1-2H3. The Balaban J connectivity index is 2.19. The van der Waals surface area contributed by atoms with Crippen molar-refractivity contribution >= 4 is 5.69 Å². The third-order valence-electron chi connectivity index (χ3n) is 2.68. The predicted molar refractivity (Wildman–Crippen MR) is 66.4 cm³/mol. The van der Waals surface area contributed by atoms with E-state index in [0.717, 1.165) is 11.4 Å². The van der Waals surface area contributed by atoms with E-state index in [1.165, 1.54) is 6.07 Å². The Morgan fingerprint density at radius 3 is 2.89 bits per heavy atom. The lowest BCUT2D eigenvalue weighted by atomic mass is 10.2. The molecule has 4 nitrogen and oxygen atoms in total. The molecule has 0 aliphatic carbocycles. The number of anilines is 1. The van der Waals surface area contributed by atoms with Crippen LogP contribution >= 0.6 is 0 Å². The van der Waals surface area contributed by atoms with Crippen molar-refractivity contribution in [3.8, 4) is 6.07 Å². The molecule has 0 saturated carbocycles. The number of nitrogens with one attached hydrogen (secondary N) is 1. The van der Waals surface area contributed by atoms with Crippen LogP contribution in [0, 0.1) is 24.1 Å². The molecule has 0 fully saturated rings. The van der Waals surface area contributed by atoms with Crippen molar-refractivity contribution in [3.05, 3.63) is 47.0 Å². The van der Waals surface area contributed by atoms with Crippen LogP contribution < -0.4 is 5.32 Å². The summed E-state index contributed by atoms with van der Waals surface area (Å²) in [5.74, 6) is -0.510. The van der Waals surface area contributed by atoms with Gasteiger partial charge in [-0.1, -0.05) is 6.07 Å². The summed E-state index contributed by atoms with van der Waals surface area (Å²) >= 11 is 0. The minimum Gasteiger partial charge on any atom is -0.378 e. The fourth-order valence-corrected chi connectivity index (χ4v) is 1.80. The minimum atomic E-state index is -0.510. The molecule has 2 aromatic rings. The number of halogens is 1. The molecule has 1 aromatic carbocycles. The Bertz CT molecular complexity index is 610. The van der Waals surface area contributed by atoms with Gasteiger partial charge in [-0.15, -0.1) is 0 Å². The highest BCUT2D eigenvalue weighted by atomic mass is 19.1. The van der Waals surface area contributed by atoms with Crippen molar-refractivity contribution in [3.63, 3.8) is 0 Å². The maximum absolute atomic E-state index is 13.4. The average Bonchev–Trinajstić information content (AvgIpc) is 2.65. The van der Waals surface area contributed by atoms with Gasteiger partial charge in [-0.2, -0.15) is 10.4 Å². The van der Waals surface area contributed by atoms with Gasteiger partial charge in [0, 0.05) is 7.05 Å². The van der Waals surface area contributed by atoms with Gasteiger partial charge < -0.3 is 5.32 Å². The van der Waals surface area contributed by atoms with E-state index >= 15 is 0 Å². The van der Waals surface area contributed by atoms with Crippen molar-refractivity contribution in [2.24, 2.45) is 7.05 Å². The summed E-state index contributed by atoms with van der Waals surface area (Å²) in [6, 6.07) is 8.34. The van der Waals surface area contributed by atoms with Gasteiger partial charge in [0.15, 0.2) is 0 Å². The smallest absolute Gasteiger partial charge is 0.143 e. The van der Waals surface area contributed by atoms with E-state index in [1.54, 1.807) is 16.8 Å². The Morgan fingerprint density at radius 2 is 2.28 bits per heavy atom. The van der Waals surface area contributed by atoms with Gasteiger partial charge in [0.1, 0.15) is 17.4 Å². The third kappa shape index (κ3) is 2.33. The molecule has 1 heterocycles. The lowest BCUT2D eigenvalue weighted by molar-refractivity contribution is 0.624. The van der Waals surface area contributed by atoms with Crippen LogP contribution in [0.4, 0.5) is 10.1 Å². The Labute approximate surface area is 105 Å². The van der Waals surface area contributed by atoms with Gasteiger partial charge in [-0.05, 0) is 25.1 Å². The molecule has 1 aromatic heterocycles. The number of aryl methyl sites for hydroxylation is 2. The molecule has 0 amide bonds. The Morgan fingerprint density at radius 1 is 1.50 bits per heavy atom. The molecule has 0 aliphatic rings. The third-order valence-corrected chi connectivity index (χ3v) is 2.68. The molecule has 0 radical (unpaired) electrons. The van der Waals surface area contributed by atoms with Crippen molar-refractivity contribution in [1.82, 2.24) is 9.78 Å². The molecule has 2 rings (SSSR count). The summed E-state index contributed by atoms with van der Waals surface area (Å²) in [7, 11) is 1.85. The van der Waals surface area contributed by atoms with Crippen molar-refractivity contribution in [1.29, 1.82) is 5.26 Å². The fourth-order valence-electron chi connectivity index (χ4n) is 1.80. The van der Waals surface area contributed by atoms with Crippen LogP contribution in [0.15, 0.2) is 24.3 Å². The van der Waals surface area contributed by atoms with E-state index in [-0.39, 0.29) is 5.56 Å². The van der Waals surface area contributed by atoms with E-state index in [2.05, 4.69) is 10.4 Å². The lowest BCUT2D eigenvalue weighted by Gasteiger charge is -2.08. The van der Waals surface area contributed by atoms with Gasteiger partial charge in [0.05, 0.1) is 23.6 Å². The maximum Gasteiger partial charge on any atom is 0.143 e. The highest BCUT2D eigenvalue weighted by Gasteiger charge is 2.08. The van der Waals surface area contributed by atoms with E-state index in [1.807, 2.05) is 26.1 Å². The SMILES string of the molecule is Cc1cc(CNc2cccc(F)c2C#N)n(C)n1. The minimum absolute atomic E-state index is 0.0383. The zero-order valence-electron chi connectivity index (χ0n) is 10.2. The molecule has 0 aliphatic heterocycles. The molecule has 1 N–H and O–H groups in total. The van der Waals surface area contributed by atoms with Crippen molar-refractivity contribution in [2.45, 2.75) is 13.5 Å². The molecule has 0 bridgehead atoms. The number of nitriles is 1. The predicted octanol–water partition coefficient (Wildman–Crippen LogP) is 2.35. The number of rotatable bonds is 3. The summed E-state index contributed by atoms with van der Waals surface area (Å²) in [6.07, 6.45) is 0. The molecule has 0 atom stereocenters. The second-order valence-electron chi connectivity index (χ2n) is 4.03. The Kier molecular flexibility index (Phi) is 3.28. The van der Waals surface area contributed by atoms with Crippen LogP contribution in [0.5, 0.6) is 0 Å². The van der Waals surface area contributed by atoms with Crippen LogP contribution in [-0.4, -0.2) is 9.78 Å². The fraction of sp³-hybridized carbons (Fsp3) is 0.231. The van der Waals surface area contributed by atoms with Crippen LogP contribution in [0.2, 0.25) is 0 Å². The van der Waals surface area contributed by atoms with Crippen molar-refractivity contribution < 1.29 is 4.39 Å². The highest BCUT2D eigenvalue weighted by molar-refractivity contribution is 5.57. The summed E-state index contributed by atoms with van der Waals surface area (Å²) in [4.78, 5) is 0. The second kappa shape index (κ2) is 4.88. The first-order valence-electron chi connectivity index (χ1n) is 5.54. The largest absolute Gasteiger partial charge is 0.378 e. The van der Waals surface area contributed by atoms with Crippen molar-refractivity contribution in [2.75, 3.05) is 5.32 Å². The van der Waals surface area contributed by atoms with Crippen LogP contribution in [0.1, 0.15) is 17.0 Å². The van der Waals surface area contributed by atoms with Crippen LogP contribution in [0.3, 0.4) is 0 Å². The second-order valence-corrected chi connectivity index (χ2v) is 4.03. The molecular weight excluding hydrogens is 231 g/mol. The number of aromatic nitrogens is 2.